The van der Waals surface area contributed by atoms with Crippen molar-refractivity contribution in [1.29, 1.82) is 0 Å². The number of likely N-dealkylation sites (tertiary alicyclic amines) is 1. The molecule has 0 radical (unpaired) electrons. The van der Waals surface area contributed by atoms with Gasteiger partial charge in [0.1, 0.15) is 6.61 Å². The molecule has 0 unspecified atom stereocenters. The third kappa shape index (κ3) is 5.07. The number of fused-ring (bicyclic) bond motifs is 1. The SMILES string of the molecule is COc1cc2c(cc1OCc1ccccc1)C/C(=C\C1CCN(Cc3ccccc3)CC1)C2=O. The van der Waals surface area contributed by atoms with E-state index in [1.54, 1.807) is 7.11 Å². The van der Waals surface area contributed by atoms with E-state index >= 15 is 0 Å². The number of allylic oxidation sites excluding steroid dienone is 2. The monoisotopic (exact) mass is 453 g/mol. The molecule has 1 aliphatic carbocycles. The largest absolute Gasteiger partial charge is 0.493 e. The molecule has 0 amide bonds. The molecule has 0 aromatic heterocycles. The molecule has 0 spiro atoms. The minimum atomic E-state index is 0.134. The molecule has 3 aromatic carbocycles. The number of hydrogen-bond donors (Lipinski definition) is 0. The van der Waals surface area contributed by atoms with E-state index in [0.29, 0.717) is 30.4 Å². The Morgan fingerprint density at radius 3 is 2.26 bits per heavy atom. The zero-order valence-electron chi connectivity index (χ0n) is 19.7. The van der Waals surface area contributed by atoms with Crippen LogP contribution < -0.4 is 9.47 Å². The summed E-state index contributed by atoms with van der Waals surface area (Å²) >= 11 is 0. The first kappa shape index (κ1) is 22.4. The number of piperidine rings is 1. The van der Waals surface area contributed by atoms with Crippen LogP contribution in [0.25, 0.3) is 0 Å². The van der Waals surface area contributed by atoms with Gasteiger partial charge in [0.25, 0.3) is 0 Å². The van der Waals surface area contributed by atoms with Crippen molar-refractivity contribution in [3.8, 4) is 11.5 Å². The van der Waals surface area contributed by atoms with Gasteiger partial charge in [0.2, 0.25) is 0 Å². The number of Topliss-reactive ketones (excluding diaryl/α,β-unsaturated/α-hetero) is 1. The standard InChI is InChI=1S/C30H31NO3/c1-33-28-19-27-25(18-29(28)34-21-24-10-6-3-7-11-24)17-26(30(27)32)16-22-12-14-31(15-13-22)20-23-8-4-2-5-9-23/h2-11,16,18-19,22H,12-15,17,20-21H2,1H3/b26-16+. The fourth-order valence-electron chi connectivity index (χ4n) is 4.96. The second-order valence-corrected chi connectivity index (χ2v) is 9.23. The zero-order valence-corrected chi connectivity index (χ0v) is 19.7. The molecular weight excluding hydrogens is 422 g/mol. The Kier molecular flexibility index (Phi) is 6.77. The topological polar surface area (TPSA) is 38.8 Å². The van der Waals surface area contributed by atoms with Crippen LogP contribution >= 0.6 is 0 Å². The Morgan fingerprint density at radius 1 is 0.912 bits per heavy atom. The highest BCUT2D eigenvalue weighted by atomic mass is 16.5. The lowest BCUT2D eigenvalue weighted by Crippen LogP contribution is -2.32. The lowest BCUT2D eigenvalue weighted by Gasteiger charge is -2.30. The highest BCUT2D eigenvalue weighted by Gasteiger charge is 2.29. The maximum Gasteiger partial charge on any atom is 0.189 e. The predicted octanol–water partition coefficient (Wildman–Crippen LogP) is 5.85. The average Bonchev–Trinajstić information content (AvgIpc) is 3.18. The minimum Gasteiger partial charge on any atom is -0.493 e. The smallest absolute Gasteiger partial charge is 0.189 e. The molecule has 3 aromatic rings. The Balaban J connectivity index is 1.24. The van der Waals surface area contributed by atoms with E-state index in [9.17, 15) is 4.79 Å². The van der Waals surface area contributed by atoms with E-state index in [2.05, 4.69) is 41.3 Å². The summed E-state index contributed by atoms with van der Waals surface area (Å²) in [6.07, 6.45) is 5.09. The van der Waals surface area contributed by atoms with Gasteiger partial charge in [-0.1, -0.05) is 66.7 Å². The second kappa shape index (κ2) is 10.3. The van der Waals surface area contributed by atoms with Gasteiger partial charge in [0, 0.05) is 24.1 Å². The highest BCUT2D eigenvalue weighted by molar-refractivity contribution is 6.13. The van der Waals surface area contributed by atoms with E-state index in [4.69, 9.17) is 9.47 Å². The van der Waals surface area contributed by atoms with Crippen molar-refractivity contribution in [2.45, 2.75) is 32.4 Å². The first-order valence-corrected chi connectivity index (χ1v) is 12.1. The molecule has 2 aliphatic rings. The van der Waals surface area contributed by atoms with Gasteiger partial charge in [0.15, 0.2) is 17.3 Å². The van der Waals surface area contributed by atoms with E-state index in [1.807, 2.05) is 42.5 Å². The fourth-order valence-corrected chi connectivity index (χ4v) is 4.96. The summed E-state index contributed by atoms with van der Waals surface area (Å²) < 4.78 is 11.6. The summed E-state index contributed by atoms with van der Waals surface area (Å²) in [5.41, 5.74) is 5.15. The Morgan fingerprint density at radius 2 is 1.59 bits per heavy atom. The van der Waals surface area contributed by atoms with Crippen LogP contribution in [0.5, 0.6) is 11.5 Å². The predicted molar refractivity (Wildman–Crippen MR) is 134 cm³/mol. The van der Waals surface area contributed by atoms with Gasteiger partial charge < -0.3 is 9.47 Å². The summed E-state index contributed by atoms with van der Waals surface area (Å²) in [7, 11) is 1.62. The van der Waals surface area contributed by atoms with Crippen molar-refractivity contribution in [3.63, 3.8) is 0 Å². The third-order valence-corrected chi connectivity index (χ3v) is 6.86. The molecule has 1 aliphatic heterocycles. The van der Waals surface area contributed by atoms with E-state index in [-0.39, 0.29) is 5.78 Å². The molecule has 1 fully saturated rings. The number of carbonyl (C=O) groups excluding carboxylic acids is 1. The van der Waals surface area contributed by atoms with Crippen molar-refractivity contribution in [1.82, 2.24) is 4.90 Å². The number of carbonyl (C=O) groups is 1. The van der Waals surface area contributed by atoms with Crippen LogP contribution in [0.4, 0.5) is 0 Å². The van der Waals surface area contributed by atoms with Crippen LogP contribution in [0, 0.1) is 5.92 Å². The van der Waals surface area contributed by atoms with Crippen molar-refractivity contribution in [3.05, 3.63) is 107 Å². The second-order valence-electron chi connectivity index (χ2n) is 9.23. The van der Waals surface area contributed by atoms with Crippen molar-refractivity contribution < 1.29 is 14.3 Å². The molecule has 1 saturated heterocycles. The van der Waals surface area contributed by atoms with Crippen molar-refractivity contribution >= 4 is 5.78 Å². The van der Waals surface area contributed by atoms with E-state index < -0.39 is 0 Å². The summed E-state index contributed by atoms with van der Waals surface area (Å²) in [6, 6.07) is 24.5. The van der Waals surface area contributed by atoms with Gasteiger partial charge in [0.05, 0.1) is 7.11 Å². The molecule has 4 nitrogen and oxygen atoms in total. The van der Waals surface area contributed by atoms with Gasteiger partial charge in [-0.3, -0.25) is 9.69 Å². The normalized spacial score (nSPS) is 17.7. The molecule has 1 heterocycles. The van der Waals surface area contributed by atoms with E-state index in [1.165, 1.54) is 5.56 Å². The number of hydrogen-bond acceptors (Lipinski definition) is 4. The van der Waals surface area contributed by atoms with Crippen LogP contribution in [-0.4, -0.2) is 30.9 Å². The number of benzene rings is 3. The first-order chi connectivity index (χ1) is 16.7. The molecule has 0 bridgehead atoms. The van der Waals surface area contributed by atoms with Gasteiger partial charge in [-0.25, -0.2) is 0 Å². The highest BCUT2D eigenvalue weighted by Crippen LogP contribution is 2.38. The lowest BCUT2D eigenvalue weighted by molar-refractivity contribution is 0.103. The summed E-state index contributed by atoms with van der Waals surface area (Å²) in [5.74, 6) is 1.89. The van der Waals surface area contributed by atoms with Crippen LogP contribution in [-0.2, 0) is 19.6 Å². The molecule has 34 heavy (non-hydrogen) atoms. The number of ether oxygens (including phenoxy) is 2. The Hall–Kier alpha value is -3.37. The van der Waals surface area contributed by atoms with E-state index in [0.717, 1.165) is 54.7 Å². The van der Waals surface area contributed by atoms with Gasteiger partial charge >= 0.3 is 0 Å². The quantitative estimate of drug-likeness (QED) is 0.421. The summed E-state index contributed by atoms with van der Waals surface area (Å²) in [5, 5.41) is 0. The molecule has 174 valence electrons. The number of ketones is 1. The van der Waals surface area contributed by atoms with Crippen molar-refractivity contribution in [2.75, 3.05) is 20.2 Å². The molecular formula is C30H31NO3. The zero-order chi connectivity index (χ0) is 23.3. The molecule has 5 rings (SSSR count). The van der Waals surface area contributed by atoms with Gasteiger partial charge in [-0.15, -0.1) is 0 Å². The molecule has 0 N–H and O–H groups in total. The molecule has 0 atom stereocenters. The fraction of sp³-hybridized carbons (Fsp3) is 0.300. The number of rotatable bonds is 7. The molecule has 0 saturated carbocycles. The van der Waals surface area contributed by atoms with Gasteiger partial charge in [-0.2, -0.15) is 0 Å². The molecule has 4 heteroatoms. The minimum absolute atomic E-state index is 0.134. The van der Waals surface area contributed by atoms with Gasteiger partial charge in [-0.05, 0) is 60.7 Å². The number of nitrogens with zero attached hydrogens (tertiary/aromatic N) is 1. The van der Waals surface area contributed by atoms with Crippen LogP contribution in [0.2, 0.25) is 0 Å². The van der Waals surface area contributed by atoms with Crippen LogP contribution in [0.15, 0.2) is 84.4 Å². The Labute approximate surface area is 201 Å². The number of methoxy groups -OCH3 is 1. The summed E-state index contributed by atoms with van der Waals surface area (Å²) in [4.78, 5) is 15.7. The summed E-state index contributed by atoms with van der Waals surface area (Å²) in [6.45, 7) is 3.60. The van der Waals surface area contributed by atoms with Crippen molar-refractivity contribution in [2.24, 2.45) is 5.92 Å². The maximum atomic E-state index is 13.2. The first-order valence-electron chi connectivity index (χ1n) is 12.1. The Bertz CT molecular complexity index is 1160. The average molecular weight is 454 g/mol. The maximum absolute atomic E-state index is 13.2. The van der Waals surface area contributed by atoms with Crippen LogP contribution in [0.1, 0.15) is 39.9 Å². The third-order valence-electron chi connectivity index (χ3n) is 6.86. The lowest BCUT2D eigenvalue weighted by atomic mass is 9.93. The van der Waals surface area contributed by atoms with Crippen LogP contribution in [0.3, 0.4) is 0 Å².